The van der Waals surface area contributed by atoms with Crippen LogP contribution in [-0.4, -0.2) is 37.1 Å². The zero-order chi connectivity index (χ0) is 16.9. The molecule has 1 aliphatic heterocycles. The number of rotatable bonds is 4. The highest BCUT2D eigenvalue weighted by molar-refractivity contribution is 5.90. The third-order valence-corrected chi connectivity index (χ3v) is 4.08. The van der Waals surface area contributed by atoms with Crippen LogP contribution in [0.15, 0.2) is 24.3 Å². The van der Waals surface area contributed by atoms with E-state index in [4.69, 9.17) is 0 Å². The van der Waals surface area contributed by atoms with E-state index >= 15 is 0 Å². The first-order chi connectivity index (χ1) is 10.9. The van der Waals surface area contributed by atoms with Crippen LogP contribution in [0.4, 0.5) is 23.7 Å². The summed E-state index contributed by atoms with van der Waals surface area (Å²) in [6.45, 7) is 5.52. The van der Waals surface area contributed by atoms with Crippen LogP contribution in [0.3, 0.4) is 0 Å². The number of alkyl halides is 3. The number of benzene rings is 1. The Morgan fingerprint density at radius 1 is 1.35 bits per heavy atom. The molecule has 2 N–H and O–H groups in total. The first-order valence-electron chi connectivity index (χ1n) is 7.83. The summed E-state index contributed by atoms with van der Waals surface area (Å²) in [6.07, 6.45) is -2.39. The van der Waals surface area contributed by atoms with Crippen molar-refractivity contribution in [3.8, 4) is 0 Å². The Labute approximate surface area is 134 Å². The highest BCUT2D eigenvalue weighted by Gasteiger charge is 2.33. The van der Waals surface area contributed by atoms with Gasteiger partial charge in [-0.15, -0.1) is 0 Å². The standard InChI is InChI=1S/C16H22F3N3O/c1-2-22-9-5-6-12(11-22)10-20-15(23)21-14-8-4-3-7-13(14)16(17,18)19/h3-4,7-8,12H,2,5-6,9-11H2,1H3,(H2,20,21,23). The summed E-state index contributed by atoms with van der Waals surface area (Å²) in [5, 5.41) is 4.98. The molecule has 0 saturated carbocycles. The number of likely N-dealkylation sites (tertiary alicyclic amines) is 1. The van der Waals surface area contributed by atoms with Crippen molar-refractivity contribution in [1.82, 2.24) is 10.2 Å². The highest BCUT2D eigenvalue weighted by atomic mass is 19.4. The first kappa shape index (κ1) is 17.6. The second-order valence-corrected chi connectivity index (χ2v) is 5.78. The van der Waals surface area contributed by atoms with Gasteiger partial charge in [0.05, 0.1) is 11.3 Å². The molecule has 7 heteroatoms. The first-order valence-corrected chi connectivity index (χ1v) is 7.83. The molecule has 1 atom stereocenters. The summed E-state index contributed by atoms with van der Waals surface area (Å²) in [5.74, 6) is 0.340. The summed E-state index contributed by atoms with van der Waals surface area (Å²) in [6, 6.07) is 4.37. The number of para-hydroxylation sites is 1. The second-order valence-electron chi connectivity index (χ2n) is 5.78. The maximum absolute atomic E-state index is 12.9. The van der Waals surface area contributed by atoms with Crippen molar-refractivity contribution >= 4 is 11.7 Å². The predicted molar refractivity (Wildman–Crippen MR) is 83.3 cm³/mol. The second kappa shape index (κ2) is 7.68. The van der Waals surface area contributed by atoms with Crippen LogP contribution in [0.5, 0.6) is 0 Å². The van der Waals surface area contributed by atoms with Crippen LogP contribution in [0, 0.1) is 5.92 Å². The molecule has 1 unspecified atom stereocenters. The van der Waals surface area contributed by atoms with Crippen LogP contribution < -0.4 is 10.6 Å². The Kier molecular flexibility index (Phi) is 5.87. The van der Waals surface area contributed by atoms with Gasteiger partial charge in [0.25, 0.3) is 0 Å². The van der Waals surface area contributed by atoms with E-state index in [1.807, 2.05) is 0 Å². The largest absolute Gasteiger partial charge is 0.418 e. The molecule has 1 saturated heterocycles. The number of halogens is 3. The Morgan fingerprint density at radius 3 is 2.78 bits per heavy atom. The number of carbonyl (C=O) groups is 1. The smallest absolute Gasteiger partial charge is 0.338 e. The molecule has 0 aliphatic carbocycles. The van der Waals surface area contributed by atoms with Gasteiger partial charge in [0.1, 0.15) is 0 Å². The third-order valence-electron chi connectivity index (χ3n) is 4.08. The molecule has 1 fully saturated rings. The van der Waals surface area contributed by atoms with Crippen molar-refractivity contribution in [3.05, 3.63) is 29.8 Å². The van der Waals surface area contributed by atoms with Crippen LogP contribution in [0.2, 0.25) is 0 Å². The van der Waals surface area contributed by atoms with Crippen molar-refractivity contribution < 1.29 is 18.0 Å². The predicted octanol–water partition coefficient (Wildman–Crippen LogP) is 3.56. The van der Waals surface area contributed by atoms with Gasteiger partial charge in [-0.1, -0.05) is 19.1 Å². The molecule has 1 heterocycles. The third kappa shape index (κ3) is 5.13. The zero-order valence-corrected chi connectivity index (χ0v) is 13.1. The maximum Gasteiger partial charge on any atom is 0.418 e. The fourth-order valence-electron chi connectivity index (χ4n) is 2.85. The monoisotopic (exact) mass is 329 g/mol. The summed E-state index contributed by atoms with van der Waals surface area (Å²) in [5.41, 5.74) is -1.07. The van der Waals surface area contributed by atoms with E-state index in [0.717, 1.165) is 38.5 Å². The van der Waals surface area contributed by atoms with Crippen molar-refractivity contribution in [3.63, 3.8) is 0 Å². The van der Waals surface area contributed by atoms with Gasteiger partial charge in [-0.25, -0.2) is 4.79 Å². The number of amides is 2. The summed E-state index contributed by atoms with van der Waals surface area (Å²) in [7, 11) is 0. The van der Waals surface area contributed by atoms with Crippen molar-refractivity contribution in [2.24, 2.45) is 5.92 Å². The molecule has 2 amide bonds. The fourth-order valence-corrected chi connectivity index (χ4v) is 2.85. The van der Waals surface area contributed by atoms with E-state index in [1.54, 1.807) is 0 Å². The summed E-state index contributed by atoms with van der Waals surface area (Å²) in [4.78, 5) is 14.2. The van der Waals surface area contributed by atoms with Crippen LogP contribution in [0.25, 0.3) is 0 Å². The summed E-state index contributed by atoms with van der Waals surface area (Å²) >= 11 is 0. The van der Waals surface area contributed by atoms with Gasteiger partial charge in [-0.2, -0.15) is 13.2 Å². The van der Waals surface area contributed by atoms with E-state index < -0.39 is 17.8 Å². The highest BCUT2D eigenvalue weighted by Crippen LogP contribution is 2.34. The van der Waals surface area contributed by atoms with Gasteiger partial charge >= 0.3 is 12.2 Å². The Hall–Kier alpha value is -1.76. The molecule has 1 aliphatic rings. The Balaban J connectivity index is 1.88. The van der Waals surface area contributed by atoms with Gasteiger partial charge in [0, 0.05) is 13.1 Å². The molecule has 1 aromatic rings. The van der Waals surface area contributed by atoms with Gasteiger partial charge in [-0.3, -0.25) is 0 Å². The number of hydrogen-bond acceptors (Lipinski definition) is 2. The molecule has 0 spiro atoms. The van der Waals surface area contributed by atoms with Gasteiger partial charge in [0.15, 0.2) is 0 Å². The van der Waals surface area contributed by atoms with Crippen LogP contribution in [-0.2, 0) is 6.18 Å². The minimum atomic E-state index is -4.49. The Bertz CT molecular complexity index is 534. The SMILES string of the molecule is CCN1CCCC(CNC(=O)Nc2ccccc2C(F)(F)F)C1. The minimum Gasteiger partial charge on any atom is -0.338 e. The molecule has 0 aromatic heterocycles. The topological polar surface area (TPSA) is 44.4 Å². The average molecular weight is 329 g/mol. The Morgan fingerprint density at radius 2 is 2.09 bits per heavy atom. The lowest BCUT2D eigenvalue weighted by Crippen LogP contribution is -2.41. The number of piperidine rings is 1. The van der Waals surface area contributed by atoms with E-state index in [9.17, 15) is 18.0 Å². The van der Waals surface area contributed by atoms with E-state index in [-0.39, 0.29) is 5.69 Å². The molecule has 128 valence electrons. The lowest BCUT2D eigenvalue weighted by molar-refractivity contribution is -0.136. The van der Waals surface area contributed by atoms with Crippen LogP contribution in [0.1, 0.15) is 25.3 Å². The number of urea groups is 1. The molecule has 1 aromatic carbocycles. The fraction of sp³-hybridized carbons (Fsp3) is 0.562. The molecule has 4 nitrogen and oxygen atoms in total. The van der Waals surface area contributed by atoms with Crippen molar-refractivity contribution in [2.75, 3.05) is 31.5 Å². The average Bonchev–Trinajstić information content (AvgIpc) is 2.52. The van der Waals surface area contributed by atoms with Gasteiger partial charge in [-0.05, 0) is 44.0 Å². The number of nitrogens with one attached hydrogen (secondary N) is 2. The number of carbonyl (C=O) groups excluding carboxylic acids is 1. The minimum absolute atomic E-state index is 0.226. The molecule has 2 rings (SSSR count). The van der Waals surface area contributed by atoms with Gasteiger partial charge < -0.3 is 15.5 Å². The molecular weight excluding hydrogens is 307 g/mol. The molecule has 23 heavy (non-hydrogen) atoms. The van der Waals surface area contributed by atoms with Crippen LogP contribution >= 0.6 is 0 Å². The van der Waals surface area contributed by atoms with Crippen molar-refractivity contribution in [1.29, 1.82) is 0 Å². The van der Waals surface area contributed by atoms with E-state index in [1.165, 1.54) is 18.2 Å². The maximum atomic E-state index is 12.9. The number of nitrogens with zero attached hydrogens (tertiary/aromatic N) is 1. The van der Waals surface area contributed by atoms with Crippen molar-refractivity contribution in [2.45, 2.75) is 25.9 Å². The van der Waals surface area contributed by atoms with E-state index in [2.05, 4.69) is 22.5 Å². The number of hydrogen-bond donors (Lipinski definition) is 2. The van der Waals surface area contributed by atoms with E-state index in [0.29, 0.717) is 12.5 Å². The zero-order valence-electron chi connectivity index (χ0n) is 13.1. The molecular formula is C16H22F3N3O. The summed E-state index contributed by atoms with van der Waals surface area (Å²) < 4.78 is 38.6. The molecule has 0 bridgehead atoms. The lowest BCUT2D eigenvalue weighted by atomic mass is 9.98. The quantitative estimate of drug-likeness (QED) is 0.887. The normalized spacial score (nSPS) is 19.4. The number of anilines is 1. The van der Waals surface area contributed by atoms with Gasteiger partial charge in [0.2, 0.25) is 0 Å². The molecule has 0 radical (unpaired) electrons. The lowest BCUT2D eigenvalue weighted by Gasteiger charge is -2.31.